The van der Waals surface area contributed by atoms with Gasteiger partial charge >= 0.3 is 0 Å². The number of carbonyl (C=O) groups is 2. The molecule has 0 aliphatic heterocycles. The molecule has 0 spiro atoms. The molecule has 0 aliphatic carbocycles. The smallest absolute Gasteiger partial charge is 0.264 e. The number of sulfonamides is 1. The molecular formula is C36H39Cl2N3O6S. The number of hydrogen-bond donors (Lipinski definition) is 1. The van der Waals surface area contributed by atoms with Gasteiger partial charge in [0.2, 0.25) is 11.8 Å². The van der Waals surface area contributed by atoms with Crippen molar-refractivity contribution in [2.45, 2.75) is 37.8 Å². The summed E-state index contributed by atoms with van der Waals surface area (Å²) in [7, 11) is -1.49. The van der Waals surface area contributed by atoms with Gasteiger partial charge in [-0.3, -0.25) is 13.9 Å². The Bertz CT molecular complexity index is 1810. The lowest BCUT2D eigenvalue weighted by molar-refractivity contribution is -0.140. The molecule has 1 atom stereocenters. The number of anilines is 1. The maximum absolute atomic E-state index is 14.7. The van der Waals surface area contributed by atoms with E-state index >= 15 is 0 Å². The number of methoxy groups -OCH3 is 2. The molecular weight excluding hydrogens is 673 g/mol. The van der Waals surface area contributed by atoms with Gasteiger partial charge in [0.05, 0.1) is 24.8 Å². The van der Waals surface area contributed by atoms with E-state index in [4.69, 9.17) is 32.7 Å². The highest BCUT2D eigenvalue weighted by atomic mass is 35.5. The number of amides is 2. The number of nitrogens with one attached hydrogen (secondary N) is 1. The van der Waals surface area contributed by atoms with Gasteiger partial charge in [-0.15, -0.1) is 0 Å². The molecule has 4 aromatic rings. The fraction of sp³-hybridized carbons (Fsp3) is 0.278. The van der Waals surface area contributed by atoms with Crippen molar-refractivity contribution in [2.24, 2.45) is 5.92 Å². The van der Waals surface area contributed by atoms with E-state index in [0.717, 1.165) is 9.87 Å². The summed E-state index contributed by atoms with van der Waals surface area (Å²) in [5, 5.41) is 3.67. The van der Waals surface area contributed by atoms with Crippen LogP contribution >= 0.6 is 23.2 Å². The molecule has 9 nitrogen and oxygen atoms in total. The van der Waals surface area contributed by atoms with Crippen LogP contribution in [0.5, 0.6) is 11.5 Å². The molecule has 0 aromatic heterocycles. The van der Waals surface area contributed by atoms with Crippen molar-refractivity contribution >= 4 is 50.7 Å². The van der Waals surface area contributed by atoms with E-state index in [2.05, 4.69) is 5.32 Å². The summed E-state index contributed by atoms with van der Waals surface area (Å²) in [4.78, 5) is 30.0. The molecule has 2 amide bonds. The maximum atomic E-state index is 14.7. The van der Waals surface area contributed by atoms with Crippen LogP contribution in [0.4, 0.5) is 5.69 Å². The first-order valence-electron chi connectivity index (χ1n) is 15.3. The predicted octanol–water partition coefficient (Wildman–Crippen LogP) is 6.62. The van der Waals surface area contributed by atoms with Gasteiger partial charge in [0, 0.05) is 35.6 Å². The molecule has 0 aliphatic rings. The van der Waals surface area contributed by atoms with E-state index in [9.17, 15) is 18.0 Å². The van der Waals surface area contributed by atoms with Gasteiger partial charge in [0.25, 0.3) is 10.0 Å². The van der Waals surface area contributed by atoms with Gasteiger partial charge in [-0.05, 0) is 53.4 Å². The first-order valence-corrected chi connectivity index (χ1v) is 17.5. The molecule has 0 saturated carbocycles. The number of hydrogen-bond acceptors (Lipinski definition) is 6. The van der Waals surface area contributed by atoms with Crippen LogP contribution in [0.2, 0.25) is 10.0 Å². The van der Waals surface area contributed by atoms with Gasteiger partial charge in [-0.25, -0.2) is 8.42 Å². The lowest BCUT2D eigenvalue weighted by Crippen LogP contribution is -2.53. The Kier molecular flexibility index (Phi) is 12.7. The van der Waals surface area contributed by atoms with Gasteiger partial charge in [-0.1, -0.05) is 91.6 Å². The first-order chi connectivity index (χ1) is 22.9. The number of halogens is 2. The van der Waals surface area contributed by atoms with Crippen molar-refractivity contribution < 1.29 is 27.5 Å². The summed E-state index contributed by atoms with van der Waals surface area (Å²) in [6.45, 7) is 3.54. The Morgan fingerprint density at radius 1 is 0.854 bits per heavy atom. The second-order valence-electron chi connectivity index (χ2n) is 11.5. The molecule has 12 heteroatoms. The average Bonchev–Trinajstić information content (AvgIpc) is 3.08. The molecule has 4 aromatic carbocycles. The van der Waals surface area contributed by atoms with E-state index in [1.165, 1.54) is 37.3 Å². The summed E-state index contributed by atoms with van der Waals surface area (Å²) in [5.41, 5.74) is 1.42. The zero-order valence-electron chi connectivity index (χ0n) is 27.2. The molecule has 254 valence electrons. The molecule has 0 bridgehead atoms. The Morgan fingerprint density at radius 3 is 2.12 bits per heavy atom. The number of ether oxygens (including phenoxy) is 2. The maximum Gasteiger partial charge on any atom is 0.264 e. The minimum Gasteiger partial charge on any atom is -0.497 e. The Labute approximate surface area is 292 Å². The standard InChI is InChI=1S/C36H39Cl2N3O6S/c1-25(2)22-39-36(43)33(19-26-11-7-5-8-12-26)40(23-27-15-16-28(37)20-31(27)38)35(42)24-41(48(44,45)30-13-9-6-10-14-30)32-21-29(46-3)17-18-34(32)47-4/h5-18,20-21,25,33H,19,22-24H2,1-4H3,(H,39,43)/t33-/m0/s1. The van der Waals surface area contributed by atoms with Crippen molar-refractivity contribution in [1.29, 1.82) is 0 Å². The normalized spacial score (nSPS) is 11.9. The fourth-order valence-electron chi connectivity index (χ4n) is 5.03. The third-order valence-corrected chi connectivity index (χ3v) is 9.94. The third kappa shape index (κ3) is 9.21. The van der Waals surface area contributed by atoms with Gasteiger partial charge in [0.1, 0.15) is 24.1 Å². The SMILES string of the molecule is COc1ccc(OC)c(N(CC(=O)N(Cc2ccc(Cl)cc2Cl)[C@@H](Cc2ccccc2)C(=O)NCC(C)C)S(=O)(=O)c2ccccc2)c1. The molecule has 1 N–H and O–H groups in total. The highest BCUT2D eigenvalue weighted by Gasteiger charge is 2.36. The predicted molar refractivity (Wildman–Crippen MR) is 189 cm³/mol. The Hall–Kier alpha value is -4.25. The number of nitrogens with zero attached hydrogens (tertiary/aromatic N) is 2. The quantitative estimate of drug-likeness (QED) is 0.149. The largest absolute Gasteiger partial charge is 0.497 e. The van der Waals surface area contributed by atoms with E-state index < -0.39 is 28.5 Å². The minimum absolute atomic E-state index is 0.0366. The number of rotatable bonds is 15. The third-order valence-electron chi connectivity index (χ3n) is 7.58. The van der Waals surface area contributed by atoms with Crippen molar-refractivity contribution in [3.05, 3.63) is 118 Å². The minimum atomic E-state index is -4.35. The van der Waals surface area contributed by atoms with Crippen LogP contribution in [-0.4, -0.2) is 58.5 Å². The zero-order chi connectivity index (χ0) is 34.8. The van der Waals surface area contributed by atoms with E-state index in [-0.39, 0.29) is 41.1 Å². The van der Waals surface area contributed by atoms with Crippen LogP contribution in [0.1, 0.15) is 25.0 Å². The molecule has 0 unspecified atom stereocenters. The van der Waals surface area contributed by atoms with Crippen LogP contribution in [0.3, 0.4) is 0 Å². The van der Waals surface area contributed by atoms with E-state index in [1.807, 2.05) is 44.2 Å². The summed E-state index contributed by atoms with van der Waals surface area (Å²) in [6, 6.07) is 25.6. The van der Waals surface area contributed by atoms with Gasteiger partial charge < -0.3 is 19.7 Å². The summed E-state index contributed by atoms with van der Waals surface area (Å²) >= 11 is 12.8. The molecule has 48 heavy (non-hydrogen) atoms. The zero-order valence-corrected chi connectivity index (χ0v) is 29.6. The monoisotopic (exact) mass is 711 g/mol. The highest BCUT2D eigenvalue weighted by Crippen LogP contribution is 2.36. The first kappa shape index (κ1) is 36.6. The van der Waals surface area contributed by atoms with E-state index in [0.29, 0.717) is 27.9 Å². The van der Waals surface area contributed by atoms with Crippen molar-refractivity contribution in [3.8, 4) is 11.5 Å². The lowest BCUT2D eigenvalue weighted by Gasteiger charge is -2.34. The molecule has 0 saturated heterocycles. The summed E-state index contributed by atoms with van der Waals surface area (Å²) in [6.07, 6.45) is 0.162. The van der Waals surface area contributed by atoms with Crippen LogP contribution in [0, 0.1) is 5.92 Å². The Balaban J connectivity index is 1.87. The Morgan fingerprint density at radius 2 is 1.52 bits per heavy atom. The molecule has 0 heterocycles. The summed E-state index contributed by atoms with van der Waals surface area (Å²) < 4.78 is 40.6. The average molecular weight is 713 g/mol. The van der Waals surface area contributed by atoms with Crippen molar-refractivity contribution in [1.82, 2.24) is 10.2 Å². The van der Waals surface area contributed by atoms with E-state index in [1.54, 1.807) is 48.5 Å². The van der Waals surface area contributed by atoms with Gasteiger partial charge in [0.15, 0.2) is 0 Å². The number of benzene rings is 4. The second kappa shape index (κ2) is 16.7. The molecule has 0 fully saturated rings. The topological polar surface area (TPSA) is 105 Å². The lowest BCUT2D eigenvalue weighted by atomic mass is 10.0. The van der Waals surface area contributed by atoms with Crippen molar-refractivity contribution in [3.63, 3.8) is 0 Å². The second-order valence-corrected chi connectivity index (χ2v) is 14.2. The van der Waals surface area contributed by atoms with Crippen LogP contribution < -0.4 is 19.1 Å². The van der Waals surface area contributed by atoms with Crippen LogP contribution in [0.25, 0.3) is 0 Å². The highest BCUT2D eigenvalue weighted by molar-refractivity contribution is 7.92. The van der Waals surface area contributed by atoms with Gasteiger partial charge in [-0.2, -0.15) is 0 Å². The van der Waals surface area contributed by atoms with Crippen LogP contribution in [0.15, 0.2) is 102 Å². The summed E-state index contributed by atoms with van der Waals surface area (Å²) in [5.74, 6) is -0.334. The van der Waals surface area contributed by atoms with Crippen molar-refractivity contribution in [2.75, 3.05) is 31.6 Å². The number of carbonyl (C=O) groups excluding carboxylic acids is 2. The van der Waals surface area contributed by atoms with Crippen LogP contribution in [-0.2, 0) is 32.6 Å². The molecule has 0 radical (unpaired) electrons. The fourth-order valence-corrected chi connectivity index (χ4v) is 6.94. The molecule has 4 rings (SSSR count).